The number of hydrogen-bond acceptors (Lipinski definition) is 3. The van der Waals surface area contributed by atoms with Crippen molar-refractivity contribution < 1.29 is 19.4 Å². The fourth-order valence-electron chi connectivity index (χ4n) is 1.63. The molecule has 1 aromatic rings. The molecule has 0 aliphatic heterocycles. The van der Waals surface area contributed by atoms with E-state index in [0.717, 1.165) is 0 Å². The Morgan fingerprint density at radius 3 is 2.39 bits per heavy atom. The maximum absolute atomic E-state index is 11.8. The number of aliphatic carboxylic acids is 1. The Morgan fingerprint density at radius 1 is 1.33 bits per heavy atom. The van der Waals surface area contributed by atoms with Gasteiger partial charge in [0, 0.05) is 7.11 Å². The van der Waals surface area contributed by atoms with E-state index in [-0.39, 0.29) is 0 Å². The summed E-state index contributed by atoms with van der Waals surface area (Å²) < 4.78 is 4.97. The minimum atomic E-state index is -1.10. The van der Waals surface area contributed by atoms with Crippen molar-refractivity contribution in [2.24, 2.45) is 0 Å². The molecule has 0 heterocycles. The number of hydrogen-bond donors (Lipinski definition) is 2. The number of carboxylic acids is 1. The van der Waals surface area contributed by atoms with Gasteiger partial charge in [0.2, 0.25) is 5.91 Å². The molecule has 1 rings (SSSR count). The highest BCUT2D eigenvalue weighted by Gasteiger charge is 2.25. The Morgan fingerprint density at radius 2 is 1.94 bits per heavy atom. The third-order valence-corrected chi connectivity index (χ3v) is 2.61. The zero-order chi connectivity index (χ0) is 13.5. The fourth-order valence-corrected chi connectivity index (χ4v) is 1.63. The van der Waals surface area contributed by atoms with E-state index >= 15 is 0 Å². The van der Waals surface area contributed by atoms with Crippen LogP contribution >= 0.6 is 0 Å². The molecule has 2 unspecified atom stereocenters. The lowest BCUT2D eigenvalue weighted by Crippen LogP contribution is -2.40. The Kier molecular flexibility index (Phi) is 5.32. The predicted octanol–water partition coefficient (Wildman–Crippen LogP) is 1.35. The molecule has 0 saturated heterocycles. The Bertz CT molecular complexity index is 401. The van der Waals surface area contributed by atoms with Crippen LogP contribution in [-0.4, -0.2) is 30.2 Å². The summed E-state index contributed by atoms with van der Waals surface area (Å²) >= 11 is 0. The van der Waals surface area contributed by atoms with Gasteiger partial charge in [-0.25, -0.2) is 4.79 Å². The van der Waals surface area contributed by atoms with Crippen LogP contribution in [0.1, 0.15) is 24.9 Å². The monoisotopic (exact) mass is 251 g/mol. The van der Waals surface area contributed by atoms with E-state index in [9.17, 15) is 9.59 Å². The van der Waals surface area contributed by atoms with Gasteiger partial charge in [-0.2, -0.15) is 0 Å². The molecule has 1 amide bonds. The van der Waals surface area contributed by atoms with Crippen molar-refractivity contribution in [1.82, 2.24) is 5.32 Å². The molecule has 0 aliphatic carbocycles. The largest absolute Gasteiger partial charge is 0.479 e. The molecular weight excluding hydrogens is 234 g/mol. The first kappa shape index (κ1) is 14.2. The van der Waals surface area contributed by atoms with E-state index in [1.54, 1.807) is 37.3 Å². The van der Waals surface area contributed by atoms with Crippen LogP contribution in [0.25, 0.3) is 0 Å². The molecule has 5 nitrogen and oxygen atoms in total. The van der Waals surface area contributed by atoms with Crippen LogP contribution in [-0.2, 0) is 14.3 Å². The van der Waals surface area contributed by atoms with Gasteiger partial charge in [-0.05, 0) is 12.0 Å². The smallest absolute Gasteiger partial charge is 0.330 e. The number of methoxy groups -OCH3 is 1. The maximum atomic E-state index is 11.8. The highest BCUT2D eigenvalue weighted by Crippen LogP contribution is 2.13. The first-order chi connectivity index (χ1) is 8.60. The number of ether oxygens (including phenoxy) is 1. The molecule has 0 radical (unpaired) electrons. The first-order valence-corrected chi connectivity index (χ1v) is 5.71. The van der Waals surface area contributed by atoms with E-state index < -0.39 is 24.0 Å². The summed E-state index contributed by atoms with van der Waals surface area (Å²) in [7, 11) is 1.42. The van der Waals surface area contributed by atoms with Crippen molar-refractivity contribution in [3.05, 3.63) is 35.9 Å². The minimum Gasteiger partial charge on any atom is -0.479 e. The average Bonchev–Trinajstić information content (AvgIpc) is 2.38. The van der Waals surface area contributed by atoms with Gasteiger partial charge >= 0.3 is 5.97 Å². The van der Waals surface area contributed by atoms with Crippen molar-refractivity contribution in [3.63, 3.8) is 0 Å². The zero-order valence-electron chi connectivity index (χ0n) is 10.4. The number of amides is 1. The molecule has 1 aromatic carbocycles. The summed E-state index contributed by atoms with van der Waals surface area (Å²) in [4.78, 5) is 23.0. The van der Waals surface area contributed by atoms with Gasteiger partial charge in [-0.1, -0.05) is 37.3 Å². The van der Waals surface area contributed by atoms with Crippen molar-refractivity contribution in [2.45, 2.75) is 25.5 Å². The second kappa shape index (κ2) is 6.76. The van der Waals surface area contributed by atoms with Gasteiger partial charge in [-0.15, -0.1) is 0 Å². The number of nitrogens with one attached hydrogen (secondary N) is 1. The number of rotatable bonds is 6. The summed E-state index contributed by atoms with van der Waals surface area (Å²) in [6, 6.07) is 7.51. The number of benzene rings is 1. The Hall–Kier alpha value is -1.88. The number of carbonyl (C=O) groups excluding carboxylic acids is 1. The highest BCUT2D eigenvalue weighted by molar-refractivity contribution is 5.87. The van der Waals surface area contributed by atoms with Crippen molar-refractivity contribution in [1.29, 1.82) is 0 Å². The van der Waals surface area contributed by atoms with E-state index in [0.29, 0.717) is 12.0 Å². The van der Waals surface area contributed by atoms with E-state index in [2.05, 4.69) is 5.32 Å². The topological polar surface area (TPSA) is 75.6 Å². The second-order valence-electron chi connectivity index (χ2n) is 3.82. The molecule has 2 atom stereocenters. The molecule has 0 saturated carbocycles. The van der Waals surface area contributed by atoms with Crippen LogP contribution in [0.15, 0.2) is 30.3 Å². The SMILES string of the molecule is CCC(OC)C(=O)NC(C(=O)O)c1ccccc1. The summed E-state index contributed by atoms with van der Waals surface area (Å²) in [5.74, 6) is -1.52. The average molecular weight is 251 g/mol. The number of carbonyl (C=O) groups is 2. The van der Waals surface area contributed by atoms with Crippen LogP contribution in [0.2, 0.25) is 0 Å². The molecule has 98 valence electrons. The molecule has 0 aliphatic rings. The minimum absolute atomic E-state index is 0.420. The molecule has 5 heteroatoms. The fraction of sp³-hybridized carbons (Fsp3) is 0.385. The highest BCUT2D eigenvalue weighted by atomic mass is 16.5. The summed E-state index contributed by atoms with van der Waals surface area (Å²) in [5, 5.41) is 11.6. The quantitative estimate of drug-likeness (QED) is 0.800. The van der Waals surface area contributed by atoms with Crippen LogP contribution in [0.3, 0.4) is 0 Å². The zero-order valence-corrected chi connectivity index (χ0v) is 10.4. The third-order valence-electron chi connectivity index (χ3n) is 2.61. The van der Waals surface area contributed by atoms with Gasteiger partial charge in [0.1, 0.15) is 6.10 Å². The lowest BCUT2D eigenvalue weighted by Gasteiger charge is -2.18. The number of carboxylic acid groups (broad SMARTS) is 1. The van der Waals surface area contributed by atoms with Crippen LogP contribution in [0.5, 0.6) is 0 Å². The van der Waals surface area contributed by atoms with E-state index in [1.165, 1.54) is 7.11 Å². The lowest BCUT2D eigenvalue weighted by atomic mass is 10.1. The first-order valence-electron chi connectivity index (χ1n) is 5.71. The molecule has 2 N–H and O–H groups in total. The maximum Gasteiger partial charge on any atom is 0.330 e. The Labute approximate surface area is 106 Å². The van der Waals surface area contributed by atoms with Gasteiger partial charge in [0.05, 0.1) is 0 Å². The van der Waals surface area contributed by atoms with Crippen LogP contribution in [0.4, 0.5) is 0 Å². The van der Waals surface area contributed by atoms with Gasteiger partial charge in [0.25, 0.3) is 0 Å². The normalized spacial score (nSPS) is 13.7. The van der Waals surface area contributed by atoms with E-state index in [1.807, 2.05) is 0 Å². The standard InChI is InChI=1S/C13H17NO4/c1-3-10(18-2)12(15)14-11(13(16)17)9-7-5-4-6-8-9/h4-8,10-11H,3H2,1-2H3,(H,14,15)(H,16,17). The second-order valence-corrected chi connectivity index (χ2v) is 3.82. The van der Waals surface area contributed by atoms with E-state index in [4.69, 9.17) is 9.84 Å². The molecule has 0 fully saturated rings. The summed E-state index contributed by atoms with van der Waals surface area (Å²) in [6.07, 6.45) is -0.140. The molecule has 0 bridgehead atoms. The molecule has 18 heavy (non-hydrogen) atoms. The van der Waals surface area contributed by atoms with Crippen LogP contribution in [0, 0.1) is 0 Å². The summed E-state index contributed by atoms with van der Waals surface area (Å²) in [5.41, 5.74) is 0.532. The van der Waals surface area contributed by atoms with Gasteiger partial charge in [0.15, 0.2) is 6.04 Å². The van der Waals surface area contributed by atoms with Gasteiger partial charge in [-0.3, -0.25) is 4.79 Å². The lowest BCUT2D eigenvalue weighted by molar-refractivity contribution is -0.144. The Balaban J connectivity index is 2.82. The molecule has 0 aromatic heterocycles. The van der Waals surface area contributed by atoms with Crippen molar-refractivity contribution >= 4 is 11.9 Å². The van der Waals surface area contributed by atoms with Gasteiger partial charge < -0.3 is 15.2 Å². The third kappa shape index (κ3) is 3.56. The summed E-state index contributed by atoms with van der Waals surface area (Å²) in [6.45, 7) is 1.80. The molecular formula is C13H17NO4. The molecule has 0 spiro atoms. The van der Waals surface area contributed by atoms with Crippen molar-refractivity contribution in [3.8, 4) is 0 Å². The predicted molar refractivity (Wildman–Crippen MR) is 66.0 cm³/mol. The van der Waals surface area contributed by atoms with Crippen molar-refractivity contribution in [2.75, 3.05) is 7.11 Å². The van der Waals surface area contributed by atoms with Crippen LogP contribution < -0.4 is 5.32 Å².